The molecule has 21 heavy (non-hydrogen) atoms. The van der Waals surface area contributed by atoms with E-state index in [0.29, 0.717) is 6.07 Å². The number of methoxy groups -OCH3 is 2. The van der Waals surface area contributed by atoms with Gasteiger partial charge in [-0.15, -0.1) is 0 Å². The summed E-state index contributed by atoms with van der Waals surface area (Å²) < 4.78 is 23.7. The van der Waals surface area contributed by atoms with Gasteiger partial charge in [0, 0.05) is 20.8 Å². The highest BCUT2D eigenvalue weighted by Crippen LogP contribution is 2.26. The molecule has 116 valence electrons. The van der Waals surface area contributed by atoms with Gasteiger partial charge >= 0.3 is 5.97 Å². The third-order valence-corrected chi connectivity index (χ3v) is 2.72. The molecule has 8 nitrogen and oxygen atoms in total. The van der Waals surface area contributed by atoms with E-state index in [4.69, 9.17) is 14.6 Å². The summed E-state index contributed by atoms with van der Waals surface area (Å²) in [7, 11) is 2.92. The third-order valence-electron chi connectivity index (χ3n) is 2.72. The van der Waals surface area contributed by atoms with Gasteiger partial charge in [-0.05, 0) is 6.07 Å². The summed E-state index contributed by atoms with van der Waals surface area (Å²) in [4.78, 5) is 20.7. The van der Waals surface area contributed by atoms with E-state index in [-0.39, 0.29) is 24.9 Å². The van der Waals surface area contributed by atoms with Crippen LogP contribution in [0.5, 0.6) is 0 Å². The number of nitrogens with zero attached hydrogens (tertiary/aromatic N) is 1. The minimum absolute atomic E-state index is 0.151. The lowest BCUT2D eigenvalue weighted by Crippen LogP contribution is -2.27. The molecule has 0 bridgehead atoms. The van der Waals surface area contributed by atoms with Gasteiger partial charge in [0.05, 0.1) is 29.4 Å². The Bertz CT molecular complexity index is 537. The van der Waals surface area contributed by atoms with Crippen molar-refractivity contribution in [1.29, 1.82) is 0 Å². The quantitative estimate of drug-likeness (QED) is 0.553. The molecule has 0 amide bonds. The molecule has 0 aromatic heterocycles. The third kappa shape index (κ3) is 4.36. The fourth-order valence-electron chi connectivity index (χ4n) is 1.64. The number of halogens is 1. The Labute approximate surface area is 119 Å². The molecule has 1 rings (SSSR count). The van der Waals surface area contributed by atoms with Crippen LogP contribution < -0.4 is 5.32 Å². The van der Waals surface area contributed by atoms with Crippen molar-refractivity contribution in [3.05, 3.63) is 33.6 Å². The predicted octanol–water partition coefficient (Wildman–Crippen LogP) is 1.51. The van der Waals surface area contributed by atoms with Crippen LogP contribution in [0.2, 0.25) is 0 Å². The Morgan fingerprint density at radius 2 is 2.19 bits per heavy atom. The molecule has 0 fully saturated rings. The van der Waals surface area contributed by atoms with Gasteiger partial charge in [0.25, 0.3) is 5.69 Å². The maximum Gasteiger partial charge on any atom is 0.342 e. The molecule has 0 radical (unpaired) electrons. The number of carbonyl (C=O) groups is 1. The van der Waals surface area contributed by atoms with Gasteiger partial charge in [-0.25, -0.2) is 9.18 Å². The van der Waals surface area contributed by atoms with Crippen molar-refractivity contribution in [2.45, 2.75) is 6.10 Å². The summed E-state index contributed by atoms with van der Waals surface area (Å²) in [5.41, 5.74) is -1.55. The molecule has 2 N–H and O–H groups in total. The SMILES string of the molecule is COCC(CNc1cc(C(=O)O)c([N+](=O)[O-])cc1F)OC. The number of hydrogen-bond acceptors (Lipinski definition) is 6. The highest BCUT2D eigenvalue weighted by atomic mass is 19.1. The first kappa shape index (κ1) is 16.8. The zero-order valence-corrected chi connectivity index (χ0v) is 11.5. The van der Waals surface area contributed by atoms with Crippen LogP contribution in [-0.4, -0.2) is 49.5 Å². The van der Waals surface area contributed by atoms with Crippen molar-refractivity contribution in [2.24, 2.45) is 0 Å². The van der Waals surface area contributed by atoms with E-state index in [1.165, 1.54) is 14.2 Å². The molecule has 9 heteroatoms. The summed E-state index contributed by atoms with van der Waals surface area (Å²) in [6, 6.07) is 1.46. The molecule has 0 heterocycles. The van der Waals surface area contributed by atoms with Crippen molar-refractivity contribution in [2.75, 3.05) is 32.7 Å². The Kier molecular flexibility index (Phi) is 6.00. The number of aromatic carboxylic acids is 1. The highest BCUT2D eigenvalue weighted by Gasteiger charge is 2.23. The number of nitro benzene ring substituents is 1. The summed E-state index contributed by atoms with van der Waals surface area (Å²) in [6.45, 7) is 0.405. The molecular weight excluding hydrogens is 287 g/mol. The number of nitrogens with one attached hydrogen (secondary N) is 1. The van der Waals surface area contributed by atoms with E-state index in [1.54, 1.807) is 0 Å². The maximum absolute atomic E-state index is 13.8. The van der Waals surface area contributed by atoms with Crippen LogP contribution in [-0.2, 0) is 9.47 Å². The van der Waals surface area contributed by atoms with E-state index < -0.39 is 28.0 Å². The van der Waals surface area contributed by atoms with Gasteiger partial charge in [-0.2, -0.15) is 0 Å². The van der Waals surface area contributed by atoms with E-state index in [0.717, 1.165) is 6.07 Å². The lowest BCUT2D eigenvalue weighted by Gasteiger charge is -2.16. The monoisotopic (exact) mass is 302 g/mol. The largest absolute Gasteiger partial charge is 0.477 e. The topological polar surface area (TPSA) is 111 Å². The summed E-state index contributed by atoms with van der Waals surface area (Å²) in [5.74, 6) is -2.43. The average molecular weight is 302 g/mol. The van der Waals surface area contributed by atoms with Crippen molar-refractivity contribution < 1.29 is 28.7 Å². The summed E-state index contributed by atoms with van der Waals surface area (Å²) in [6.07, 6.45) is -0.377. The Balaban J connectivity index is 3.00. The number of benzene rings is 1. The molecule has 0 aliphatic rings. The zero-order valence-electron chi connectivity index (χ0n) is 11.5. The van der Waals surface area contributed by atoms with Crippen molar-refractivity contribution in [3.8, 4) is 0 Å². The van der Waals surface area contributed by atoms with Crippen LogP contribution in [0.25, 0.3) is 0 Å². The number of anilines is 1. The van der Waals surface area contributed by atoms with Gasteiger partial charge in [0.1, 0.15) is 5.56 Å². The number of nitro groups is 1. The number of carboxylic acid groups (broad SMARTS) is 1. The highest BCUT2D eigenvalue weighted by molar-refractivity contribution is 5.93. The van der Waals surface area contributed by atoms with Crippen molar-refractivity contribution in [1.82, 2.24) is 0 Å². The normalized spacial score (nSPS) is 12.0. The predicted molar refractivity (Wildman–Crippen MR) is 71.2 cm³/mol. The number of hydrogen-bond donors (Lipinski definition) is 2. The van der Waals surface area contributed by atoms with Crippen molar-refractivity contribution >= 4 is 17.3 Å². The minimum atomic E-state index is -1.51. The average Bonchev–Trinajstić information content (AvgIpc) is 2.43. The van der Waals surface area contributed by atoms with Gasteiger partial charge in [-0.3, -0.25) is 10.1 Å². The first-order chi connectivity index (χ1) is 9.90. The molecule has 0 aliphatic carbocycles. The standard InChI is InChI=1S/C12H15FN2O6/c1-20-6-7(21-2)5-14-10-3-8(12(16)17)11(15(18)19)4-9(10)13/h3-4,7,14H,5-6H2,1-2H3,(H,16,17). The molecule has 0 saturated carbocycles. The molecule has 0 saturated heterocycles. The Hall–Kier alpha value is -2.26. The van der Waals surface area contributed by atoms with Crippen LogP contribution >= 0.6 is 0 Å². The van der Waals surface area contributed by atoms with Gasteiger partial charge < -0.3 is 19.9 Å². The number of ether oxygens (including phenoxy) is 2. The van der Waals surface area contributed by atoms with E-state index >= 15 is 0 Å². The fraction of sp³-hybridized carbons (Fsp3) is 0.417. The molecule has 1 aromatic carbocycles. The maximum atomic E-state index is 13.8. The van der Waals surface area contributed by atoms with E-state index in [2.05, 4.69) is 5.32 Å². The lowest BCUT2D eigenvalue weighted by molar-refractivity contribution is -0.385. The Morgan fingerprint density at radius 3 is 2.67 bits per heavy atom. The number of rotatable bonds is 8. The van der Waals surface area contributed by atoms with Gasteiger partial charge in [-0.1, -0.05) is 0 Å². The second-order valence-electron chi connectivity index (χ2n) is 4.11. The van der Waals surface area contributed by atoms with Crippen molar-refractivity contribution in [3.63, 3.8) is 0 Å². The van der Waals surface area contributed by atoms with Crippen LogP contribution in [0.3, 0.4) is 0 Å². The number of carboxylic acids is 1. The van der Waals surface area contributed by atoms with Crippen LogP contribution in [0.15, 0.2) is 12.1 Å². The zero-order chi connectivity index (χ0) is 16.0. The molecule has 0 spiro atoms. The lowest BCUT2D eigenvalue weighted by atomic mass is 10.1. The van der Waals surface area contributed by atoms with E-state index in [9.17, 15) is 19.3 Å². The van der Waals surface area contributed by atoms with E-state index in [1.807, 2.05) is 0 Å². The Morgan fingerprint density at radius 1 is 1.52 bits per heavy atom. The molecular formula is C12H15FN2O6. The molecule has 1 aromatic rings. The summed E-state index contributed by atoms with van der Waals surface area (Å²) in [5, 5.41) is 22.3. The fourth-order valence-corrected chi connectivity index (χ4v) is 1.64. The van der Waals surface area contributed by atoms with Gasteiger partial charge in [0.2, 0.25) is 0 Å². The van der Waals surface area contributed by atoms with Crippen LogP contribution in [0.1, 0.15) is 10.4 Å². The molecule has 1 unspecified atom stereocenters. The molecule has 0 aliphatic heterocycles. The van der Waals surface area contributed by atoms with Crippen LogP contribution in [0, 0.1) is 15.9 Å². The minimum Gasteiger partial charge on any atom is -0.477 e. The first-order valence-electron chi connectivity index (χ1n) is 5.87. The second-order valence-corrected chi connectivity index (χ2v) is 4.11. The second kappa shape index (κ2) is 7.50. The smallest absolute Gasteiger partial charge is 0.342 e. The van der Waals surface area contributed by atoms with Gasteiger partial charge in [0.15, 0.2) is 5.82 Å². The molecule has 1 atom stereocenters. The summed E-state index contributed by atoms with van der Waals surface area (Å²) >= 11 is 0. The first-order valence-corrected chi connectivity index (χ1v) is 5.87. The van der Waals surface area contributed by atoms with Crippen LogP contribution in [0.4, 0.5) is 15.8 Å².